The molecule has 0 unspecified atom stereocenters. The molecule has 0 saturated heterocycles. The lowest BCUT2D eigenvalue weighted by Crippen LogP contribution is -2.42. The van der Waals surface area contributed by atoms with Gasteiger partial charge in [-0.15, -0.1) is 0 Å². The van der Waals surface area contributed by atoms with Crippen LogP contribution in [0.4, 0.5) is 11.5 Å². The van der Waals surface area contributed by atoms with E-state index in [2.05, 4.69) is 15.6 Å². The van der Waals surface area contributed by atoms with Crippen molar-refractivity contribution in [1.82, 2.24) is 10.3 Å². The maximum atomic E-state index is 13.1. The Morgan fingerprint density at radius 3 is 2.47 bits per heavy atom. The maximum absolute atomic E-state index is 13.1. The highest BCUT2D eigenvalue weighted by molar-refractivity contribution is 6.31. The van der Waals surface area contributed by atoms with Gasteiger partial charge >= 0.3 is 0 Å². The number of nitrogens with zero attached hydrogens (tertiary/aromatic N) is 2. The van der Waals surface area contributed by atoms with Crippen molar-refractivity contribution in [3.05, 3.63) is 81.0 Å². The van der Waals surface area contributed by atoms with Crippen molar-refractivity contribution < 1.29 is 14.4 Å². The summed E-state index contributed by atoms with van der Waals surface area (Å²) in [7, 11) is 0. The lowest BCUT2D eigenvalue weighted by molar-refractivity contribution is -0.116. The summed E-state index contributed by atoms with van der Waals surface area (Å²) in [6, 6.07) is 10.7. The summed E-state index contributed by atoms with van der Waals surface area (Å²) in [6.07, 6.45) is -0.190. The van der Waals surface area contributed by atoms with Gasteiger partial charge in [-0.05, 0) is 56.7 Å². The van der Waals surface area contributed by atoms with Gasteiger partial charge in [0.2, 0.25) is 5.91 Å². The van der Waals surface area contributed by atoms with Crippen LogP contribution in [0.1, 0.15) is 56.4 Å². The fourth-order valence-electron chi connectivity index (χ4n) is 4.66. The van der Waals surface area contributed by atoms with Crippen LogP contribution in [-0.4, -0.2) is 46.1 Å². The molecule has 0 radical (unpaired) electrons. The number of imide groups is 1. The first-order valence-corrected chi connectivity index (χ1v) is 12.2. The number of nitrogens with one attached hydrogen (secondary N) is 5. The van der Waals surface area contributed by atoms with Crippen LogP contribution in [0.25, 0.3) is 0 Å². The minimum absolute atomic E-state index is 0.0296. The molecule has 0 aliphatic carbocycles. The van der Waals surface area contributed by atoms with Crippen molar-refractivity contribution in [1.29, 1.82) is 10.8 Å². The number of halogens is 1. The Balaban J connectivity index is 1.53. The molecule has 0 fully saturated rings. The number of hydrogen-bond acceptors (Lipinski definition) is 6. The Bertz CT molecular complexity index is 1590. The number of amidine groups is 2. The average Bonchev–Trinajstić information content (AvgIpc) is 3.26. The number of H-pyrrole nitrogens is 1. The van der Waals surface area contributed by atoms with Crippen LogP contribution in [0.5, 0.6) is 0 Å². The van der Waals surface area contributed by atoms with E-state index >= 15 is 0 Å². The van der Waals surface area contributed by atoms with Crippen LogP contribution < -0.4 is 15.5 Å². The zero-order chi connectivity index (χ0) is 27.3. The summed E-state index contributed by atoms with van der Waals surface area (Å²) >= 11 is 6.12. The van der Waals surface area contributed by atoms with Gasteiger partial charge in [-0.25, -0.2) is 0 Å². The molecule has 3 heterocycles. The number of fused-ring (bicyclic) bond motifs is 2. The third-order valence-corrected chi connectivity index (χ3v) is 6.89. The molecule has 2 aliphatic heterocycles. The van der Waals surface area contributed by atoms with Crippen LogP contribution in [0.15, 0.2) is 47.5 Å². The Morgan fingerprint density at radius 2 is 1.79 bits per heavy atom. The monoisotopic (exact) mass is 529 g/mol. The van der Waals surface area contributed by atoms with E-state index < -0.39 is 23.8 Å². The van der Waals surface area contributed by atoms with Gasteiger partial charge in [0, 0.05) is 27.5 Å². The lowest BCUT2D eigenvalue weighted by atomic mass is 9.99. The zero-order valence-corrected chi connectivity index (χ0v) is 21.6. The van der Waals surface area contributed by atoms with Crippen molar-refractivity contribution in [2.75, 3.05) is 10.2 Å². The molecule has 2 aliphatic rings. The molecule has 0 saturated carbocycles. The molecule has 1 aromatic heterocycles. The largest absolute Gasteiger partial charge is 0.344 e. The summed E-state index contributed by atoms with van der Waals surface area (Å²) in [5.41, 5.74) is 4.67. The predicted molar refractivity (Wildman–Crippen MR) is 146 cm³/mol. The zero-order valence-electron chi connectivity index (χ0n) is 20.8. The van der Waals surface area contributed by atoms with Crippen LogP contribution in [0.3, 0.4) is 0 Å². The van der Waals surface area contributed by atoms with Crippen molar-refractivity contribution >= 4 is 58.2 Å². The number of rotatable bonds is 4. The van der Waals surface area contributed by atoms with Gasteiger partial charge in [-0.2, -0.15) is 0 Å². The van der Waals surface area contributed by atoms with Crippen molar-refractivity contribution in [2.45, 2.75) is 33.2 Å². The highest BCUT2D eigenvalue weighted by atomic mass is 35.5. The molecule has 3 aromatic rings. The maximum Gasteiger partial charge on any atom is 0.259 e. The third-order valence-electron chi connectivity index (χ3n) is 6.63. The van der Waals surface area contributed by atoms with Crippen molar-refractivity contribution in [3.8, 4) is 0 Å². The van der Waals surface area contributed by atoms with Crippen molar-refractivity contribution in [3.63, 3.8) is 0 Å². The standard InChI is InChI=1S/C27H24ClN7O3/c1-12-13(2)31-25-22(12)23(15-4-6-16(28)7-5-15)33-20(24(30)35(25)14(3)29)11-21(36)32-17-8-9-18-19(10-17)27(38)34-26(18)37/h4-10,20,29-31H,11H2,1-3H3,(H,32,36)(H,34,37,38)/t20-/m0/s1. The molecule has 38 heavy (non-hydrogen) atoms. The number of anilines is 2. The summed E-state index contributed by atoms with van der Waals surface area (Å²) < 4.78 is 0. The molecular weight excluding hydrogens is 506 g/mol. The van der Waals surface area contributed by atoms with Gasteiger partial charge in [-0.1, -0.05) is 23.7 Å². The second-order valence-corrected chi connectivity index (χ2v) is 9.64. The van der Waals surface area contributed by atoms with Crippen LogP contribution in [0.2, 0.25) is 5.02 Å². The second-order valence-electron chi connectivity index (χ2n) is 9.20. The van der Waals surface area contributed by atoms with E-state index in [4.69, 9.17) is 27.4 Å². The quantitative estimate of drug-likeness (QED) is 0.195. The van der Waals surface area contributed by atoms with E-state index in [0.29, 0.717) is 22.2 Å². The number of carbonyl (C=O) groups excluding carboxylic acids is 3. The van der Waals surface area contributed by atoms with E-state index in [1.54, 1.807) is 25.1 Å². The Labute approximate surface area is 223 Å². The summed E-state index contributed by atoms with van der Waals surface area (Å²) in [6.45, 7) is 5.43. The number of aryl methyl sites for hydroxylation is 1. The van der Waals surface area contributed by atoms with Crippen molar-refractivity contribution in [2.24, 2.45) is 4.99 Å². The molecular formula is C27H24ClN7O3. The first kappa shape index (κ1) is 25.1. The van der Waals surface area contributed by atoms with Gasteiger partial charge in [0.25, 0.3) is 11.8 Å². The number of aromatic amines is 1. The molecule has 192 valence electrons. The number of aromatic nitrogens is 1. The molecule has 0 spiro atoms. The minimum atomic E-state index is -0.916. The van der Waals surface area contributed by atoms with Gasteiger partial charge in [0.15, 0.2) is 0 Å². The van der Waals surface area contributed by atoms with E-state index in [0.717, 1.165) is 22.4 Å². The minimum Gasteiger partial charge on any atom is -0.344 e. The van der Waals surface area contributed by atoms with Crippen LogP contribution in [0, 0.1) is 24.7 Å². The highest BCUT2D eigenvalue weighted by Gasteiger charge is 2.35. The smallest absolute Gasteiger partial charge is 0.259 e. The fourth-order valence-corrected chi connectivity index (χ4v) is 4.78. The number of carbonyl (C=O) groups is 3. The van der Waals surface area contributed by atoms with Gasteiger partial charge in [-0.3, -0.25) is 40.4 Å². The highest BCUT2D eigenvalue weighted by Crippen LogP contribution is 2.33. The van der Waals surface area contributed by atoms with Crippen LogP contribution in [-0.2, 0) is 4.79 Å². The summed E-state index contributed by atoms with van der Waals surface area (Å²) in [5.74, 6) is -0.821. The number of benzene rings is 2. The van der Waals surface area contributed by atoms with E-state index in [1.165, 1.54) is 17.0 Å². The molecule has 1 atom stereocenters. The Hall–Kier alpha value is -4.57. The molecule has 10 nitrogen and oxygen atoms in total. The van der Waals surface area contributed by atoms with E-state index in [-0.39, 0.29) is 29.2 Å². The number of amides is 3. The SMILES string of the molecule is CC(=N)N1C(=N)[C@H](CC(=O)Nc2ccc3c(c2)C(=O)NC3=O)N=C(c2ccc(Cl)cc2)c2c1[nH]c(C)c2C. The number of aliphatic imine (C=N–C) groups is 1. The topological polar surface area (TPSA) is 154 Å². The van der Waals surface area contributed by atoms with E-state index in [9.17, 15) is 14.4 Å². The molecule has 2 aromatic carbocycles. The normalized spacial score (nSPS) is 16.4. The van der Waals surface area contributed by atoms with Crippen LogP contribution >= 0.6 is 11.6 Å². The molecule has 3 amide bonds. The second kappa shape index (κ2) is 9.38. The first-order valence-electron chi connectivity index (χ1n) is 11.8. The molecule has 11 heteroatoms. The fraction of sp³-hybridized carbons (Fsp3) is 0.185. The summed E-state index contributed by atoms with van der Waals surface area (Å²) in [4.78, 5) is 46.6. The molecule has 0 bridgehead atoms. The molecule has 5 rings (SSSR count). The average molecular weight is 530 g/mol. The number of hydrogen-bond donors (Lipinski definition) is 5. The van der Waals surface area contributed by atoms with Gasteiger partial charge in [0.05, 0.1) is 23.3 Å². The van der Waals surface area contributed by atoms with Gasteiger partial charge < -0.3 is 10.3 Å². The first-order chi connectivity index (χ1) is 18.0. The predicted octanol–water partition coefficient (Wildman–Crippen LogP) is 4.20. The van der Waals surface area contributed by atoms with E-state index in [1.807, 2.05) is 26.0 Å². The summed E-state index contributed by atoms with van der Waals surface area (Å²) in [5, 5.41) is 22.9. The Morgan fingerprint density at radius 1 is 1.11 bits per heavy atom. The third kappa shape index (κ3) is 4.28. The molecule has 5 N–H and O–H groups in total. The lowest BCUT2D eigenvalue weighted by Gasteiger charge is -2.25. The Kier molecular flexibility index (Phi) is 6.20. The van der Waals surface area contributed by atoms with Gasteiger partial charge in [0.1, 0.15) is 23.5 Å².